The number of ether oxygens (including phenoxy) is 2. The summed E-state index contributed by atoms with van der Waals surface area (Å²) in [6, 6.07) is 8.72. The maximum absolute atomic E-state index is 13.7. The zero-order valence-electron chi connectivity index (χ0n) is 15.6. The number of nitrogens with one attached hydrogen (secondary N) is 1. The van der Waals surface area contributed by atoms with Gasteiger partial charge in [0.25, 0.3) is 0 Å². The highest BCUT2D eigenvalue weighted by atomic mass is 19.2. The lowest BCUT2D eigenvalue weighted by atomic mass is 10.1. The van der Waals surface area contributed by atoms with E-state index in [0.29, 0.717) is 11.5 Å². The number of hydrogen-bond acceptors (Lipinski definition) is 4. The summed E-state index contributed by atoms with van der Waals surface area (Å²) in [5, 5.41) is 2.21. The number of likely N-dealkylation sites (tertiary alicyclic amines) is 1. The molecule has 0 spiro atoms. The highest BCUT2D eigenvalue weighted by molar-refractivity contribution is 5.97. The van der Waals surface area contributed by atoms with Crippen molar-refractivity contribution in [1.29, 1.82) is 0 Å². The first-order valence-electron chi connectivity index (χ1n) is 8.88. The minimum atomic E-state index is -1.67. The van der Waals surface area contributed by atoms with Gasteiger partial charge in [0.15, 0.2) is 29.0 Å². The molecule has 2 amide bonds. The van der Waals surface area contributed by atoms with E-state index >= 15 is 0 Å². The van der Waals surface area contributed by atoms with Gasteiger partial charge in [0, 0.05) is 13.0 Å². The van der Waals surface area contributed by atoms with Gasteiger partial charge >= 0.3 is 0 Å². The molecule has 9 heteroatoms. The third-order valence-electron chi connectivity index (χ3n) is 4.57. The highest BCUT2D eigenvalue weighted by Gasteiger charge is 2.34. The van der Waals surface area contributed by atoms with Crippen LogP contribution in [0.4, 0.5) is 18.9 Å². The highest BCUT2D eigenvalue weighted by Crippen LogP contribution is 2.26. The topological polar surface area (TPSA) is 67.9 Å². The Labute approximate surface area is 165 Å². The molecule has 1 fully saturated rings. The van der Waals surface area contributed by atoms with E-state index in [-0.39, 0.29) is 32.0 Å². The molecule has 1 N–H and O–H groups in total. The number of methoxy groups -OCH3 is 1. The lowest BCUT2D eigenvalue weighted by Gasteiger charge is -2.18. The first-order chi connectivity index (χ1) is 13.9. The van der Waals surface area contributed by atoms with E-state index in [2.05, 4.69) is 5.32 Å². The van der Waals surface area contributed by atoms with Gasteiger partial charge in [-0.1, -0.05) is 12.1 Å². The lowest BCUT2D eigenvalue weighted by molar-refractivity contribution is -0.128. The summed E-state index contributed by atoms with van der Waals surface area (Å²) >= 11 is 0. The van der Waals surface area contributed by atoms with Crippen molar-refractivity contribution in [2.24, 2.45) is 5.92 Å². The molecule has 29 heavy (non-hydrogen) atoms. The predicted octanol–water partition coefficient (Wildman–Crippen LogP) is 2.98. The zero-order chi connectivity index (χ0) is 21.0. The molecule has 2 aromatic carbocycles. The molecule has 154 valence electrons. The summed E-state index contributed by atoms with van der Waals surface area (Å²) < 4.78 is 50.8. The van der Waals surface area contributed by atoms with E-state index < -0.39 is 35.0 Å². The van der Waals surface area contributed by atoms with Gasteiger partial charge < -0.3 is 19.7 Å². The van der Waals surface area contributed by atoms with Crippen molar-refractivity contribution in [3.8, 4) is 11.5 Å². The van der Waals surface area contributed by atoms with Crippen LogP contribution in [0.1, 0.15) is 6.42 Å². The van der Waals surface area contributed by atoms with Gasteiger partial charge in [-0.05, 0) is 24.3 Å². The minimum absolute atomic E-state index is 0.0637. The van der Waals surface area contributed by atoms with E-state index in [0.717, 1.165) is 12.1 Å². The number of carbonyl (C=O) groups excluding carboxylic acids is 2. The largest absolute Gasteiger partial charge is 0.493 e. The number of hydrogen-bond donors (Lipinski definition) is 1. The van der Waals surface area contributed by atoms with Crippen LogP contribution in [-0.2, 0) is 9.59 Å². The monoisotopic (exact) mass is 408 g/mol. The smallest absolute Gasteiger partial charge is 0.229 e. The lowest BCUT2D eigenvalue weighted by Crippen LogP contribution is -2.31. The Morgan fingerprint density at radius 1 is 1.14 bits per heavy atom. The van der Waals surface area contributed by atoms with Crippen LogP contribution in [0, 0.1) is 23.4 Å². The fraction of sp³-hybridized carbons (Fsp3) is 0.300. The maximum atomic E-state index is 13.7. The third kappa shape index (κ3) is 4.61. The van der Waals surface area contributed by atoms with Gasteiger partial charge in [0.05, 0.1) is 25.3 Å². The molecule has 0 unspecified atom stereocenters. The van der Waals surface area contributed by atoms with Crippen LogP contribution in [0.25, 0.3) is 0 Å². The quantitative estimate of drug-likeness (QED) is 0.716. The Hall–Kier alpha value is -3.23. The van der Waals surface area contributed by atoms with E-state index in [1.54, 1.807) is 24.3 Å². The minimum Gasteiger partial charge on any atom is -0.493 e. The maximum Gasteiger partial charge on any atom is 0.229 e. The van der Waals surface area contributed by atoms with Crippen molar-refractivity contribution in [2.45, 2.75) is 6.42 Å². The first-order valence-corrected chi connectivity index (χ1v) is 8.88. The number of halogens is 3. The molecule has 1 saturated heterocycles. The second kappa shape index (κ2) is 8.85. The molecule has 1 heterocycles. The van der Waals surface area contributed by atoms with Gasteiger partial charge in [0.2, 0.25) is 11.8 Å². The Kier molecular flexibility index (Phi) is 6.26. The number of nitrogens with zero attached hydrogens (tertiary/aromatic N) is 1. The van der Waals surface area contributed by atoms with E-state index in [9.17, 15) is 22.8 Å². The SMILES string of the molecule is COc1ccccc1OCCN1C[C@H](C(=O)Nc2ccc(F)c(F)c2F)CC1=O. The van der Waals surface area contributed by atoms with Crippen molar-refractivity contribution >= 4 is 17.5 Å². The van der Waals surface area contributed by atoms with Crippen LogP contribution in [0.3, 0.4) is 0 Å². The second-order valence-corrected chi connectivity index (χ2v) is 6.45. The van der Waals surface area contributed by atoms with Gasteiger partial charge in [-0.15, -0.1) is 0 Å². The van der Waals surface area contributed by atoms with Crippen molar-refractivity contribution in [3.63, 3.8) is 0 Å². The number of para-hydroxylation sites is 2. The Balaban J connectivity index is 1.54. The molecular formula is C20H19F3N2O4. The summed E-state index contributed by atoms with van der Waals surface area (Å²) in [4.78, 5) is 25.9. The summed E-state index contributed by atoms with van der Waals surface area (Å²) in [6.07, 6.45) is -0.0637. The molecule has 1 aliphatic rings. The molecule has 0 radical (unpaired) electrons. The molecule has 6 nitrogen and oxygen atoms in total. The standard InChI is InChI=1S/C20H19F3N2O4/c1-28-15-4-2-3-5-16(15)29-9-8-25-11-12(10-17(25)26)20(27)24-14-7-6-13(21)18(22)19(14)23/h2-7,12H,8-11H2,1H3,(H,24,27)/t12-/m1/s1. The van der Waals surface area contributed by atoms with Gasteiger partial charge in [-0.3, -0.25) is 9.59 Å². The van der Waals surface area contributed by atoms with Crippen LogP contribution in [0.5, 0.6) is 11.5 Å². The second-order valence-electron chi connectivity index (χ2n) is 6.45. The van der Waals surface area contributed by atoms with Crippen LogP contribution in [0.2, 0.25) is 0 Å². The zero-order valence-corrected chi connectivity index (χ0v) is 15.6. The normalized spacial score (nSPS) is 16.1. The van der Waals surface area contributed by atoms with Gasteiger partial charge in [-0.2, -0.15) is 0 Å². The van der Waals surface area contributed by atoms with Crippen molar-refractivity contribution in [1.82, 2.24) is 4.90 Å². The van der Waals surface area contributed by atoms with Gasteiger partial charge in [-0.25, -0.2) is 13.2 Å². The number of anilines is 1. The average molecular weight is 408 g/mol. The summed E-state index contributed by atoms with van der Waals surface area (Å²) in [5.74, 6) is -5.03. The van der Waals surface area contributed by atoms with E-state index in [1.165, 1.54) is 12.0 Å². The molecular weight excluding hydrogens is 389 g/mol. The first kappa shape index (κ1) is 20.5. The fourth-order valence-corrected chi connectivity index (χ4v) is 3.02. The van der Waals surface area contributed by atoms with Crippen LogP contribution < -0.4 is 14.8 Å². The molecule has 2 aromatic rings. The van der Waals surface area contributed by atoms with E-state index in [1.807, 2.05) is 0 Å². The molecule has 1 atom stereocenters. The Morgan fingerprint density at radius 3 is 2.59 bits per heavy atom. The Bertz CT molecular complexity index is 923. The molecule has 0 aromatic heterocycles. The number of carbonyl (C=O) groups is 2. The van der Waals surface area contributed by atoms with Crippen LogP contribution in [-0.4, -0.2) is 43.5 Å². The van der Waals surface area contributed by atoms with Crippen molar-refractivity contribution in [3.05, 3.63) is 53.8 Å². The number of benzene rings is 2. The van der Waals surface area contributed by atoms with Crippen molar-refractivity contribution < 1.29 is 32.2 Å². The summed E-state index contributed by atoms with van der Waals surface area (Å²) in [7, 11) is 1.52. The molecule has 3 rings (SSSR count). The van der Waals surface area contributed by atoms with E-state index in [4.69, 9.17) is 9.47 Å². The van der Waals surface area contributed by atoms with Crippen LogP contribution >= 0.6 is 0 Å². The third-order valence-corrected chi connectivity index (χ3v) is 4.57. The Morgan fingerprint density at radius 2 is 1.86 bits per heavy atom. The summed E-state index contributed by atoms with van der Waals surface area (Å²) in [6.45, 7) is 0.559. The van der Waals surface area contributed by atoms with Crippen molar-refractivity contribution in [2.75, 3.05) is 32.1 Å². The molecule has 0 aliphatic carbocycles. The molecule has 0 bridgehead atoms. The predicted molar refractivity (Wildman–Crippen MR) is 98.1 cm³/mol. The van der Waals surface area contributed by atoms with Gasteiger partial charge in [0.1, 0.15) is 6.61 Å². The number of amides is 2. The molecule has 1 aliphatic heterocycles. The number of rotatable bonds is 7. The fourth-order valence-electron chi connectivity index (χ4n) is 3.02. The summed E-state index contributed by atoms with van der Waals surface area (Å²) in [5.41, 5.74) is -0.473. The van der Waals surface area contributed by atoms with Crippen LogP contribution in [0.15, 0.2) is 36.4 Å². The average Bonchev–Trinajstić information content (AvgIpc) is 3.09. The molecule has 0 saturated carbocycles.